The van der Waals surface area contributed by atoms with Crippen molar-refractivity contribution in [3.63, 3.8) is 0 Å². The van der Waals surface area contributed by atoms with E-state index in [0.29, 0.717) is 30.4 Å². The lowest BCUT2D eigenvalue weighted by molar-refractivity contribution is -0.144. The van der Waals surface area contributed by atoms with Crippen LogP contribution in [-0.2, 0) is 9.53 Å². The molecule has 0 spiro atoms. The summed E-state index contributed by atoms with van der Waals surface area (Å²) in [6.45, 7) is 0.00521. The molecule has 0 saturated carbocycles. The Bertz CT molecular complexity index is 1090. The molecule has 1 saturated heterocycles. The standard InChI is InChI=1S/C24H24F2N4O3/c25-18-5-4-8-20(13-18)30(19-6-2-1-3-7-19)22-15-27-14-21(28-22)29-11-9-24(26,10-12-29)17-33-16-23(31)32/h1-8,13-15H,9-12,16-17H2,(H,31,32). The largest absolute Gasteiger partial charge is 0.480 e. The van der Waals surface area contributed by atoms with Crippen LogP contribution >= 0.6 is 0 Å². The van der Waals surface area contributed by atoms with Crippen LogP contribution in [0.1, 0.15) is 12.8 Å². The first-order valence-electron chi connectivity index (χ1n) is 10.6. The smallest absolute Gasteiger partial charge is 0.329 e. The minimum atomic E-state index is -1.57. The lowest BCUT2D eigenvalue weighted by atomic mass is 9.94. The zero-order valence-electron chi connectivity index (χ0n) is 17.9. The van der Waals surface area contributed by atoms with E-state index in [1.54, 1.807) is 24.5 Å². The molecule has 0 amide bonds. The summed E-state index contributed by atoms with van der Waals surface area (Å²) < 4.78 is 33.9. The molecule has 1 aliphatic rings. The number of aromatic nitrogens is 2. The zero-order valence-corrected chi connectivity index (χ0v) is 17.9. The summed E-state index contributed by atoms with van der Waals surface area (Å²) in [6.07, 6.45) is 3.59. The summed E-state index contributed by atoms with van der Waals surface area (Å²) in [5, 5.41) is 8.67. The number of ether oxygens (including phenoxy) is 1. The van der Waals surface area contributed by atoms with Crippen molar-refractivity contribution in [3.05, 3.63) is 72.8 Å². The molecule has 2 aromatic carbocycles. The molecule has 0 aliphatic carbocycles. The van der Waals surface area contributed by atoms with Crippen LogP contribution < -0.4 is 9.80 Å². The van der Waals surface area contributed by atoms with Gasteiger partial charge in [0.15, 0.2) is 5.82 Å². The molecule has 172 valence electrons. The Morgan fingerprint density at radius 3 is 2.52 bits per heavy atom. The molecule has 1 fully saturated rings. The van der Waals surface area contributed by atoms with E-state index in [9.17, 15) is 13.6 Å². The van der Waals surface area contributed by atoms with E-state index in [-0.39, 0.29) is 25.3 Å². The fourth-order valence-electron chi connectivity index (χ4n) is 3.81. The normalized spacial score (nSPS) is 15.3. The van der Waals surface area contributed by atoms with Crippen LogP contribution in [0.4, 0.5) is 31.8 Å². The monoisotopic (exact) mass is 454 g/mol. The van der Waals surface area contributed by atoms with Gasteiger partial charge in [-0.2, -0.15) is 0 Å². The second kappa shape index (κ2) is 9.91. The number of piperidine rings is 1. The molecule has 4 rings (SSSR count). The van der Waals surface area contributed by atoms with Crippen molar-refractivity contribution in [2.24, 2.45) is 0 Å². The molecular formula is C24H24F2N4O3. The average molecular weight is 454 g/mol. The summed E-state index contributed by atoms with van der Waals surface area (Å²) >= 11 is 0. The van der Waals surface area contributed by atoms with E-state index in [0.717, 1.165) is 5.69 Å². The van der Waals surface area contributed by atoms with Crippen molar-refractivity contribution < 1.29 is 23.4 Å². The molecule has 0 bridgehead atoms. The van der Waals surface area contributed by atoms with Gasteiger partial charge in [-0.05, 0) is 30.3 Å². The fourth-order valence-corrected chi connectivity index (χ4v) is 3.81. The molecule has 2 heterocycles. The quantitative estimate of drug-likeness (QED) is 0.537. The van der Waals surface area contributed by atoms with Gasteiger partial charge in [0.05, 0.1) is 24.7 Å². The van der Waals surface area contributed by atoms with Crippen molar-refractivity contribution in [2.45, 2.75) is 18.5 Å². The number of hydrogen-bond acceptors (Lipinski definition) is 6. The number of carboxylic acids is 1. The molecule has 9 heteroatoms. The first-order chi connectivity index (χ1) is 15.9. The minimum absolute atomic E-state index is 0.185. The molecule has 1 N–H and O–H groups in total. The number of alkyl halides is 1. The summed E-state index contributed by atoms with van der Waals surface area (Å²) in [4.78, 5) is 23.4. The van der Waals surface area contributed by atoms with E-state index >= 15 is 0 Å². The van der Waals surface area contributed by atoms with Crippen molar-refractivity contribution in [1.29, 1.82) is 0 Å². The van der Waals surface area contributed by atoms with Gasteiger partial charge in [-0.25, -0.2) is 18.6 Å². The maximum Gasteiger partial charge on any atom is 0.329 e. The lowest BCUT2D eigenvalue weighted by Gasteiger charge is -2.36. The van der Waals surface area contributed by atoms with Crippen LogP contribution in [0.25, 0.3) is 0 Å². The summed E-state index contributed by atoms with van der Waals surface area (Å²) in [5.74, 6) is -0.396. The number of benzene rings is 2. The molecule has 1 aliphatic heterocycles. The zero-order chi connectivity index (χ0) is 23.3. The predicted octanol–water partition coefficient (Wildman–Crippen LogP) is 4.50. The fraction of sp³-hybridized carbons (Fsp3) is 0.292. The van der Waals surface area contributed by atoms with E-state index < -0.39 is 18.2 Å². The number of carbonyl (C=O) groups is 1. The topological polar surface area (TPSA) is 78.8 Å². The Morgan fingerprint density at radius 2 is 1.82 bits per heavy atom. The van der Waals surface area contributed by atoms with Crippen LogP contribution in [0.5, 0.6) is 0 Å². The number of para-hydroxylation sites is 1. The third-order valence-electron chi connectivity index (χ3n) is 5.49. The van der Waals surface area contributed by atoms with Crippen molar-refractivity contribution in [2.75, 3.05) is 36.1 Å². The Kier molecular flexibility index (Phi) is 6.79. The maximum absolute atomic E-state index is 15.0. The highest BCUT2D eigenvalue weighted by atomic mass is 19.1. The first-order valence-corrected chi connectivity index (χ1v) is 10.6. The second-order valence-electron chi connectivity index (χ2n) is 7.91. The SMILES string of the molecule is O=C(O)COCC1(F)CCN(c2cncc(N(c3ccccc3)c3cccc(F)c3)n2)CC1. The third kappa shape index (κ3) is 5.61. The van der Waals surface area contributed by atoms with E-state index in [1.807, 2.05) is 40.1 Å². The lowest BCUT2D eigenvalue weighted by Crippen LogP contribution is -2.45. The van der Waals surface area contributed by atoms with E-state index in [4.69, 9.17) is 14.8 Å². The van der Waals surface area contributed by atoms with Gasteiger partial charge >= 0.3 is 5.97 Å². The predicted molar refractivity (Wildman–Crippen MR) is 120 cm³/mol. The molecule has 0 atom stereocenters. The highest BCUT2D eigenvalue weighted by Crippen LogP contribution is 2.35. The number of aliphatic carboxylic acids is 1. The number of halogens is 2. The Labute approximate surface area is 190 Å². The molecule has 0 unspecified atom stereocenters. The molecule has 1 aromatic heterocycles. The molecule has 0 radical (unpaired) electrons. The van der Waals surface area contributed by atoms with Crippen LogP contribution in [0.3, 0.4) is 0 Å². The third-order valence-corrected chi connectivity index (χ3v) is 5.49. The Balaban J connectivity index is 1.55. The van der Waals surface area contributed by atoms with Gasteiger partial charge in [-0.3, -0.25) is 9.88 Å². The van der Waals surface area contributed by atoms with Crippen LogP contribution in [0.2, 0.25) is 0 Å². The number of rotatable bonds is 8. The Hall–Kier alpha value is -3.59. The van der Waals surface area contributed by atoms with Crippen LogP contribution in [0.15, 0.2) is 67.0 Å². The van der Waals surface area contributed by atoms with Gasteiger partial charge in [0.1, 0.15) is 23.9 Å². The summed E-state index contributed by atoms with van der Waals surface area (Å²) in [6, 6.07) is 15.7. The number of hydrogen-bond donors (Lipinski definition) is 1. The van der Waals surface area contributed by atoms with Crippen LogP contribution in [-0.4, -0.2) is 53.0 Å². The number of nitrogens with zero attached hydrogens (tertiary/aromatic N) is 4. The van der Waals surface area contributed by atoms with Crippen molar-refractivity contribution >= 4 is 29.0 Å². The molecule has 33 heavy (non-hydrogen) atoms. The number of anilines is 4. The van der Waals surface area contributed by atoms with Gasteiger partial charge in [0.25, 0.3) is 0 Å². The van der Waals surface area contributed by atoms with E-state index in [2.05, 4.69) is 4.98 Å². The van der Waals surface area contributed by atoms with Crippen molar-refractivity contribution in [3.8, 4) is 0 Å². The highest BCUT2D eigenvalue weighted by Gasteiger charge is 2.35. The maximum atomic E-state index is 15.0. The van der Waals surface area contributed by atoms with Gasteiger partial charge < -0.3 is 14.7 Å². The first kappa shape index (κ1) is 22.6. The average Bonchev–Trinajstić information content (AvgIpc) is 2.80. The summed E-state index contributed by atoms with van der Waals surface area (Å²) in [5.41, 5.74) is -0.176. The molecule has 7 nitrogen and oxygen atoms in total. The second-order valence-corrected chi connectivity index (χ2v) is 7.91. The van der Waals surface area contributed by atoms with Gasteiger partial charge in [0, 0.05) is 31.6 Å². The Morgan fingerprint density at radius 1 is 1.09 bits per heavy atom. The summed E-state index contributed by atoms with van der Waals surface area (Å²) in [7, 11) is 0. The van der Waals surface area contributed by atoms with Crippen molar-refractivity contribution in [1.82, 2.24) is 9.97 Å². The number of carboxylic acid groups (broad SMARTS) is 1. The van der Waals surface area contributed by atoms with Gasteiger partial charge in [-0.15, -0.1) is 0 Å². The molecular weight excluding hydrogens is 430 g/mol. The van der Waals surface area contributed by atoms with Gasteiger partial charge in [0.2, 0.25) is 0 Å². The van der Waals surface area contributed by atoms with E-state index in [1.165, 1.54) is 12.1 Å². The molecule has 3 aromatic rings. The van der Waals surface area contributed by atoms with Crippen LogP contribution in [0, 0.1) is 5.82 Å². The highest BCUT2D eigenvalue weighted by molar-refractivity contribution is 5.74. The van der Waals surface area contributed by atoms with Gasteiger partial charge in [-0.1, -0.05) is 24.3 Å². The minimum Gasteiger partial charge on any atom is -0.480 e.